The zero-order valence-electron chi connectivity index (χ0n) is 8.16. The summed E-state index contributed by atoms with van der Waals surface area (Å²) in [6, 6.07) is 0. The number of halogens is 1. The van der Waals surface area contributed by atoms with Gasteiger partial charge in [-0.1, -0.05) is 6.08 Å². The lowest BCUT2D eigenvalue weighted by atomic mass is 10.2. The van der Waals surface area contributed by atoms with Gasteiger partial charge in [-0.3, -0.25) is 4.90 Å². The van der Waals surface area contributed by atoms with E-state index in [9.17, 15) is 4.39 Å². The van der Waals surface area contributed by atoms with Crippen molar-refractivity contribution in [2.24, 2.45) is 0 Å². The van der Waals surface area contributed by atoms with Crippen LogP contribution in [0.2, 0.25) is 0 Å². The average molecular weight is 212 g/mol. The Morgan fingerprint density at radius 2 is 2.50 bits per heavy atom. The van der Waals surface area contributed by atoms with Gasteiger partial charge in [0.25, 0.3) is 0 Å². The average Bonchev–Trinajstić information content (AvgIpc) is 2.52. The van der Waals surface area contributed by atoms with E-state index in [1.165, 1.54) is 4.88 Å². The third kappa shape index (κ3) is 2.19. The predicted molar refractivity (Wildman–Crippen MR) is 55.9 cm³/mol. The topological polar surface area (TPSA) is 16.1 Å². The fraction of sp³-hybridized carbons (Fsp3) is 0.500. The Bertz CT molecular complexity index is 346. The van der Waals surface area contributed by atoms with E-state index in [4.69, 9.17) is 0 Å². The highest BCUT2D eigenvalue weighted by Gasteiger charge is 2.14. The number of thiazole rings is 1. The van der Waals surface area contributed by atoms with Gasteiger partial charge in [-0.2, -0.15) is 0 Å². The number of nitrogens with zero attached hydrogens (tertiary/aromatic N) is 2. The Labute approximate surface area is 87.1 Å². The molecule has 0 radical (unpaired) electrons. The van der Waals surface area contributed by atoms with Gasteiger partial charge in [0.05, 0.1) is 17.7 Å². The van der Waals surface area contributed by atoms with Crippen LogP contribution in [0, 0.1) is 6.92 Å². The first-order valence-corrected chi connectivity index (χ1v) is 5.59. The van der Waals surface area contributed by atoms with Crippen molar-refractivity contribution in [1.82, 2.24) is 9.88 Å². The molecule has 0 spiro atoms. The standard InChI is InChI=1S/C10H13FN2S/c1-8-10(14-7-12-8)6-13-4-2-3-9(11)5-13/h3,7H,2,4-6H2,1H3. The van der Waals surface area contributed by atoms with E-state index in [1.54, 1.807) is 17.4 Å². The highest BCUT2D eigenvalue weighted by atomic mass is 32.1. The van der Waals surface area contributed by atoms with Crippen molar-refractivity contribution in [3.8, 4) is 0 Å². The fourth-order valence-corrected chi connectivity index (χ4v) is 2.40. The Morgan fingerprint density at radius 3 is 3.14 bits per heavy atom. The van der Waals surface area contributed by atoms with Crippen LogP contribution in [-0.2, 0) is 6.54 Å². The van der Waals surface area contributed by atoms with Crippen molar-refractivity contribution in [3.05, 3.63) is 28.0 Å². The van der Waals surface area contributed by atoms with Crippen molar-refractivity contribution in [1.29, 1.82) is 0 Å². The van der Waals surface area contributed by atoms with Gasteiger partial charge in [-0.15, -0.1) is 11.3 Å². The second kappa shape index (κ2) is 4.19. The third-order valence-electron chi connectivity index (χ3n) is 2.40. The van der Waals surface area contributed by atoms with E-state index in [-0.39, 0.29) is 5.83 Å². The van der Waals surface area contributed by atoms with Gasteiger partial charge in [0, 0.05) is 18.0 Å². The molecule has 0 saturated heterocycles. The van der Waals surface area contributed by atoms with Gasteiger partial charge in [-0.25, -0.2) is 9.37 Å². The van der Waals surface area contributed by atoms with Crippen LogP contribution in [0.15, 0.2) is 17.4 Å². The Hall–Kier alpha value is -0.740. The molecule has 2 heterocycles. The fourth-order valence-electron chi connectivity index (χ4n) is 1.58. The molecule has 0 amide bonds. The summed E-state index contributed by atoms with van der Waals surface area (Å²) < 4.78 is 13.0. The van der Waals surface area contributed by atoms with Crippen LogP contribution >= 0.6 is 11.3 Å². The highest BCUT2D eigenvalue weighted by Crippen LogP contribution is 2.18. The summed E-state index contributed by atoms with van der Waals surface area (Å²) in [6.45, 7) is 4.24. The summed E-state index contributed by atoms with van der Waals surface area (Å²) in [5.74, 6) is -0.00146. The summed E-state index contributed by atoms with van der Waals surface area (Å²) in [7, 11) is 0. The minimum atomic E-state index is -0.00146. The van der Waals surface area contributed by atoms with Crippen LogP contribution in [0.3, 0.4) is 0 Å². The quantitative estimate of drug-likeness (QED) is 0.749. The predicted octanol–water partition coefficient (Wildman–Crippen LogP) is 2.51. The zero-order chi connectivity index (χ0) is 9.97. The smallest absolute Gasteiger partial charge is 0.110 e. The molecule has 1 aromatic heterocycles. The molecule has 1 aromatic rings. The highest BCUT2D eigenvalue weighted by molar-refractivity contribution is 7.09. The maximum atomic E-state index is 13.0. The van der Waals surface area contributed by atoms with Gasteiger partial charge in [0.1, 0.15) is 5.83 Å². The van der Waals surface area contributed by atoms with Crippen molar-refractivity contribution < 1.29 is 4.39 Å². The first-order valence-electron chi connectivity index (χ1n) is 4.71. The molecular weight excluding hydrogens is 199 g/mol. The van der Waals surface area contributed by atoms with E-state index < -0.39 is 0 Å². The first kappa shape index (κ1) is 9.80. The minimum absolute atomic E-state index is 0.00146. The number of aryl methyl sites for hydroxylation is 1. The van der Waals surface area contributed by atoms with Crippen LogP contribution in [0.1, 0.15) is 17.0 Å². The van der Waals surface area contributed by atoms with Gasteiger partial charge >= 0.3 is 0 Å². The Morgan fingerprint density at radius 1 is 1.64 bits per heavy atom. The minimum Gasteiger partial charge on any atom is -0.291 e. The number of hydrogen-bond donors (Lipinski definition) is 0. The molecule has 0 atom stereocenters. The zero-order valence-corrected chi connectivity index (χ0v) is 8.98. The van der Waals surface area contributed by atoms with E-state index in [0.29, 0.717) is 6.54 Å². The molecule has 0 unspecified atom stereocenters. The van der Waals surface area contributed by atoms with Crippen molar-refractivity contribution in [3.63, 3.8) is 0 Å². The third-order valence-corrected chi connectivity index (χ3v) is 3.32. The van der Waals surface area contributed by atoms with Crippen LogP contribution in [0.5, 0.6) is 0 Å². The normalized spacial score (nSPS) is 18.3. The number of rotatable bonds is 2. The molecule has 4 heteroatoms. The molecule has 0 fully saturated rings. The monoisotopic (exact) mass is 212 g/mol. The summed E-state index contributed by atoms with van der Waals surface area (Å²) >= 11 is 1.65. The molecule has 0 saturated carbocycles. The molecule has 1 aliphatic rings. The van der Waals surface area contributed by atoms with Gasteiger partial charge in [0.15, 0.2) is 0 Å². The van der Waals surface area contributed by atoms with E-state index in [2.05, 4.69) is 9.88 Å². The number of aromatic nitrogens is 1. The molecular formula is C10H13FN2S. The van der Waals surface area contributed by atoms with Crippen LogP contribution in [-0.4, -0.2) is 23.0 Å². The summed E-state index contributed by atoms with van der Waals surface area (Å²) in [5, 5.41) is 0. The lowest BCUT2D eigenvalue weighted by molar-refractivity contribution is 0.261. The van der Waals surface area contributed by atoms with E-state index in [1.807, 2.05) is 12.4 Å². The maximum absolute atomic E-state index is 13.0. The lowest BCUT2D eigenvalue weighted by Gasteiger charge is -2.23. The van der Waals surface area contributed by atoms with Crippen LogP contribution in [0.4, 0.5) is 4.39 Å². The molecule has 1 aliphatic heterocycles. The van der Waals surface area contributed by atoms with E-state index >= 15 is 0 Å². The second-order valence-electron chi connectivity index (χ2n) is 3.51. The van der Waals surface area contributed by atoms with Gasteiger partial charge < -0.3 is 0 Å². The van der Waals surface area contributed by atoms with Crippen molar-refractivity contribution in [2.75, 3.05) is 13.1 Å². The molecule has 76 valence electrons. The molecule has 0 aromatic carbocycles. The summed E-state index contributed by atoms with van der Waals surface area (Å²) in [4.78, 5) is 7.56. The lowest BCUT2D eigenvalue weighted by Crippen LogP contribution is -2.28. The van der Waals surface area contributed by atoms with Crippen LogP contribution < -0.4 is 0 Å². The summed E-state index contributed by atoms with van der Waals surface area (Å²) in [6.07, 6.45) is 2.50. The van der Waals surface area contributed by atoms with Gasteiger partial charge in [-0.05, 0) is 13.3 Å². The first-order chi connectivity index (χ1) is 6.75. The largest absolute Gasteiger partial charge is 0.291 e. The SMILES string of the molecule is Cc1ncsc1CN1CCC=C(F)C1. The van der Waals surface area contributed by atoms with Crippen LogP contribution in [0.25, 0.3) is 0 Å². The molecule has 2 rings (SSSR count). The van der Waals surface area contributed by atoms with Crippen molar-refractivity contribution >= 4 is 11.3 Å². The maximum Gasteiger partial charge on any atom is 0.110 e. The molecule has 0 bridgehead atoms. The Balaban J connectivity index is 1.99. The van der Waals surface area contributed by atoms with Crippen molar-refractivity contribution in [2.45, 2.75) is 19.9 Å². The molecule has 14 heavy (non-hydrogen) atoms. The number of hydrogen-bond acceptors (Lipinski definition) is 3. The Kier molecular flexibility index (Phi) is 2.93. The molecule has 0 aliphatic carbocycles. The molecule has 0 N–H and O–H groups in total. The molecule has 2 nitrogen and oxygen atoms in total. The van der Waals surface area contributed by atoms with E-state index in [0.717, 1.165) is 25.2 Å². The summed E-state index contributed by atoms with van der Waals surface area (Å²) in [5.41, 5.74) is 2.92. The van der Waals surface area contributed by atoms with Gasteiger partial charge in [0.2, 0.25) is 0 Å². The second-order valence-corrected chi connectivity index (χ2v) is 4.45.